The lowest BCUT2D eigenvalue weighted by molar-refractivity contribution is 0.191. The Kier molecular flexibility index (Phi) is 8.26. The van der Waals surface area contributed by atoms with Crippen LogP contribution in [0.15, 0.2) is 24.3 Å². The van der Waals surface area contributed by atoms with E-state index in [-0.39, 0.29) is 6.04 Å². The molecule has 0 aliphatic rings. The second kappa shape index (κ2) is 9.75. The summed E-state index contributed by atoms with van der Waals surface area (Å²) in [7, 11) is 3.47. The summed E-state index contributed by atoms with van der Waals surface area (Å²) in [6, 6.07) is 8.67. The molecular weight excluding hydrogens is 252 g/mol. The standard InChI is InChI=1S/C16H28N2O2/c1-4-16(17)14-6-8-15(9-7-14)18(11-13-20-3)10-5-12-19-2/h6-9,16H,4-5,10-13,17H2,1-3H3/t16-/m0/s1. The summed E-state index contributed by atoms with van der Waals surface area (Å²) >= 11 is 0. The van der Waals surface area contributed by atoms with Gasteiger partial charge in [-0.15, -0.1) is 0 Å². The molecule has 0 aliphatic carbocycles. The zero-order valence-electron chi connectivity index (χ0n) is 13.0. The van der Waals surface area contributed by atoms with Crippen molar-refractivity contribution < 1.29 is 9.47 Å². The molecule has 0 saturated carbocycles. The first kappa shape index (κ1) is 17.0. The molecule has 0 aromatic heterocycles. The molecule has 0 amide bonds. The van der Waals surface area contributed by atoms with Gasteiger partial charge in [0.2, 0.25) is 0 Å². The van der Waals surface area contributed by atoms with E-state index in [0.29, 0.717) is 0 Å². The van der Waals surface area contributed by atoms with Crippen LogP contribution in [0.3, 0.4) is 0 Å². The second-order valence-corrected chi connectivity index (χ2v) is 4.93. The number of nitrogens with zero attached hydrogens (tertiary/aromatic N) is 1. The van der Waals surface area contributed by atoms with Gasteiger partial charge in [0.1, 0.15) is 0 Å². The minimum absolute atomic E-state index is 0.130. The first-order chi connectivity index (χ1) is 9.72. The van der Waals surface area contributed by atoms with Crippen LogP contribution in [0.1, 0.15) is 31.4 Å². The largest absolute Gasteiger partial charge is 0.385 e. The summed E-state index contributed by atoms with van der Waals surface area (Å²) in [6.07, 6.45) is 1.97. The Morgan fingerprint density at radius 3 is 2.25 bits per heavy atom. The average molecular weight is 280 g/mol. The molecule has 4 heteroatoms. The number of hydrogen-bond acceptors (Lipinski definition) is 4. The van der Waals surface area contributed by atoms with Gasteiger partial charge in [0.25, 0.3) is 0 Å². The SMILES string of the molecule is CC[C@H](N)c1ccc(N(CCCOC)CCOC)cc1. The van der Waals surface area contributed by atoms with Crippen LogP contribution >= 0.6 is 0 Å². The van der Waals surface area contributed by atoms with Gasteiger partial charge < -0.3 is 20.1 Å². The van der Waals surface area contributed by atoms with Crippen molar-refractivity contribution in [1.82, 2.24) is 0 Å². The van der Waals surface area contributed by atoms with Crippen LogP contribution in [-0.2, 0) is 9.47 Å². The second-order valence-electron chi connectivity index (χ2n) is 4.93. The summed E-state index contributed by atoms with van der Waals surface area (Å²) in [6.45, 7) is 5.47. The molecule has 1 atom stereocenters. The zero-order valence-corrected chi connectivity index (χ0v) is 13.0. The molecule has 114 valence electrons. The summed E-state index contributed by atoms with van der Waals surface area (Å²) < 4.78 is 10.3. The minimum Gasteiger partial charge on any atom is -0.385 e. The molecule has 0 aliphatic heterocycles. The van der Waals surface area contributed by atoms with E-state index >= 15 is 0 Å². The van der Waals surface area contributed by atoms with E-state index < -0.39 is 0 Å². The van der Waals surface area contributed by atoms with E-state index in [2.05, 4.69) is 36.1 Å². The van der Waals surface area contributed by atoms with Crippen molar-refractivity contribution >= 4 is 5.69 Å². The molecule has 0 saturated heterocycles. The number of benzene rings is 1. The smallest absolute Gasteiger partial charge is 0.0637 e. The minimum atomic E-state index is 0.130. The Balaban J connectivity index is 2.68. The molecule has 1 aromatic carbocycles. The molecule has 0 spiro atoms. The average Bonchev–Trinajstić information content (AvgIpc) is 2.50. The van der Waals surface area contributed by atoms with Crippen molar-refractivity contribution in [3.63, 3.8) is 0 Å². The van der Waals surface area contributed by atoms with Crippen molar-refractivity contribution in [1.29, 1.82) is 0 Å². The topological polar surface area (TPSA) is 47.7 Å². The van der Waals surface area contributed by atoms with Gasteiger partial charge in [-0.2, -0.15) is 0 Å². The number of methoxy groups -OCH3 is 2. The summed E-state index contributed by atoms with van der Waals surface area (Å²) in [5.74, 6) is 0. The number of ether oxygens (including phenoxy) is 2. The first-order valence-corrected chi connectivity index (χ1v) is 7.31. The predicted molar refractivity (Wildman–Crippen MR) is 84.2 cm³/mol. The van der Waals surface area contributed by atoms with Gasteiger partial charge >= 0.3 is 0 Å². The summed E-state index contributed by atoms with van der Waals surface area (Å²) in [5.41, 5.74) is 8.46. The van der Waals surface area contributed by atoms with Gasteiger partial charge in [0.05, 0.1) is 6.61 Å². The van der Waals surface area contributed by atoms with Crippen molar-refractivity contribution in [3.8, 4) is 0 Å². The number of nitrogens with two attached hydrogens (primary N) is 1. The lowest BCUT2D eigenvalue weighted by Crippen LogP contribution is -2.29. The number of rotatable bonds is 10. The molecule has 0 unspecified atom stereocenters. The maximum Gasteiger partial charge on any atom is 0.0637 e. The van der Waals surface area contributed by atoms with Gasteiger partial charge in [-0.05, 0) is 30.5 Å². The fourth-order valence-electron chi connectivity index (χ4n) is 2.14. The molecule has 0 heterocycles. The Morgan fingerprint density at radius 2 is 1.70 bits per heavy atom. The highest BCUT2D eigenvalue weighted by atomic mass is 16.5. The quantitative estimate of drug-likeness (QED) is 0.669. The molecule has 0 bridgehead atoms. The fraction of sp³-hybridized carbons (Fsp3) is 0.625. The van der Waals surface area contributed by atoms with Crippen LogP contribution in [0, 0.1) is 0 Å². The van der Waals surface area contributed by atoms with Crippen LogP contribution in [0.2, 0.25) is 0 Å². The van der Waals surface area contributed by atoms with Crippen LogP contribution in [0.4, 0.5) is 5.69 Å². The Morgan fingerprint density at radius 1 is 1.05 bits per heavy atom. The Bertz CT molecular complexity index is 354. The van der Waals surface area contributed by atoms with Crippen LogP contribution in [-0.4, -0.2) is 40.5 Å². The molecule has 1 aromatic rings. The van der Waals surface area contributed by atoms with Crippen molar-refractivity contribution in [2.24, 2.45) is 5.73 Å². The number of hydrogen-bond donors (Lipinski definition) is 1. The normalized spacial score (nSPS) is 12.4. The summed E-state index contributed by atoms with van der Waals surface area (Å²) in [5, 5.41) is 0. The van der Waals surface area contributed by atoms with Crippen LogP contribution < -0.4 is 10.6 Å². The molecule has 4 nitrogen and oxygen atoms in total. The Hall–Kier alpha value is -1.10. The fourth-order valence-corrected chi connectivity index (χ4v) is 2.14. The summed E-state index contributed by atoms with van der Waals surface area (Å²) in [4.78, 5) is 2.32. The molecule has 0 radical (unpaired) electrons. The van der Waals surface area contributed by atoms with Gasteiger partial charge in [-0.1, -0.05) is 19.1 Å². The molecular formula is C16H28N2O2. The number of anilines is 1. The van der Waals surface area contributed by atoms with Crippen molar-refractivity contribution in [2.75, 3.05) is 45.4 Å². The monoisotopic (exact) mass is 280 g/mol. The van der Waals surface area contributed by atoms with E-state index in [1.165, 1.54) is 11.3 Å². The van der Waals surface area contributed by atoms with Crippen molar-refractivity contribution in [3.05, 3.63) is 29.8 Å². The van der Waals surface area contributed by atoms with Gasteiger partial charge in [0, 0.05) is 45.6 Å². The molecule has 2 N–H and O–H groups in total. The highest BCUT2D eigenvalue weighted by Crippen LogP contribution is 2.20. The highest BCUT2D eigenvalue weighted by Gasteiger charge is 2.08. The predicted octanol–water partition coefficient (Wildman–Crippen LogP) is 2.59. The van der Waals surface area contributed by atoms with E-state index in [0.717, 1.165) is 39.1 Å². The maximum absolute atomic E-state index is 6.05. The van der Waals surface area contributed by atoms with Gasteiger partial charge in [-0.25, -0.2) is 0 Å². The highest BCUT2D eigenvalue weighted by molar-refractivity contribution is 5.48. The van der Waals surface area contributed by atoms with E-state index in [1.54, 1.807) is 14.2 Å². The third-order valence-corrected chi connectivity index (χ3v) is 3.47. The molecule has 20 heavy (non-hydrogen) atoms. The maximum atomic E-state index is 6.05. The molecule has 1 rings (SSSR count). The lowest BCUT2D eigenvalue weighted by Gasteiger charge is -2.25. The first-order valence-electron chi connectivity index (χ1n) is 7.31. The van der Waals surface area contributed by atoms with Crippen molar-refractivity contribution in [2.45, 2.75) is 25.8 Å². The van der Waals surface area contributed by atoms with Gasteiger partial charge in [-0.3, -0.25) is 0 Å². The zero-order chi connectivity index (χ0) is 14.8. The van der Waals surface area contributed by atoms with E-state index in [9.17, 15) is 0 Å². The molecule has 0 fully saturated rings. The van der Waals surface area contributed by atoms with Crippen LogP contribution in [0.5, 0.6) is 0 Å². The lowest BCUT2D eigenvalue weighted by atomic mass is 10.1. The third-order valence-electron chi connectivity index (χ3n) is 3.47. The van der Waals surface area contributed by atoms with E-state index in [1.807, 2.05) is 0 Å². The van der Waals surface area contributed by atoms with Gasteiger partial charge in [0.15, 0.2) is 0 Å². The Labute approximate surface area is 122 Å². The third kappa shape index (κ3) is 5.49. The van der Waals surface area contributed by atoms with Crippen LogP contribution in [0.25, 0.3) is 0 Å². The van der Waals surface area contributed by atoms with E-state index in [4.69, 9.17) is 15.2 Å².